The number of benzene rings is 1. The van der Waals surface area contributed by atoms with Gasteiger partial charge in [0, 0.05) is 11.4 Å². The molecule has 0 aliphatic carbocycles. The minimum Gasteiger partial charge on any atom is -0.394 e. The summed E-state index contributed by atoms with van der Waals surface area (Å²) in [4.78, 5) is 23.5. The highest BCUT2D eigenvalue weighted by atomic mass is 16.3. The van der Waals surface area contributed by atoms with Gasteiger partial charge in [-0.2, -0.15) is 0 Å². The molecule has 0 bridgehead atoms. The number of aliphatic hydroxyl groups excluding tert-OH is 2. The van der Waals surface area contributed by atoms with Crippen LogP contribution in [0.1, 0.15) is 19.4 Å². The predicted octanol–water partition coefficient (Wildman–Crippen LogP) is 1.000. The average molecular weight is 324 g/mol. The van der Waals surface area contributed by atoms with Crippen LogP contribution in [-0.2, 0) is 0 Å². The van der Waals surface area contributed by atoms with E-state index in [9.17, 15) is 9.59 Å². The van der Waals surface area contributed by atoms with Crippen LogP contribution in [0.5, 0.6) is 0 Å². The standard InChI is InChI=1S/C15H24N4O4/c1-9-4-5-12(18-14(22)16-10(2)7-20)6-13(9)19-15(23)17-11(3)8-21/h4-6,10-11,20-21H,7-8H2,1-3H3,(H2,16,18,22)(H2,17,19,23)/t10-,11-/m0/s1. The van der Waals surface area contributed by atoms with E-state index >= 15 is 0 Å². The lowest BCUT2D eigenvalue weighted by Gasteiger charge is -2.15. The van der Waals surface area contributed by atoms with Crippen molar-refractivity contribution in [2.75, 3.05) is 23.8 Å². The molecule has 0 heterocycles. The first-order chi connectivity index (χ1) is 10.8. The number of aryl methyl sites for hydroxylation is 1. The van der Waals surface area contributed by atoms with E-state index in [0.717, 1.165) is 5.56 Å². The average Bonchev–Trinajstić information content (AvgIpc) is 2.50. The number of carbonyl (C=O) groups is 2. The Labute approximate surface area is 135 Å². The molecule has 1 aromatic carbocycles. The third kappa shape index (κ3) is 6.54. The monoisotopic (exact) mass is 324 g/mol. The fourth-order valence-corrected chi connectivity index (χ4v) is 1.70. The van der Waals surface area contributed by atoms with Crippen LogP contribution in [-0.4, -0.2) is 47.6 Å². The molecule has 0 spiro atoms. The van der Waals surface area contributed by atoms with Crippen LogP contribution in [0.15, 0.2) is 18.2 Å². The van der Waals surface area contributed by atoms with E-state index in [1.165, 1.54) is 0 Å². The molecule has 1 rings (SSSR count). The molecule has 2 atom stereocenters. The van der Waals surface area contributed by atoms with Crippen molar-refractivity contribution in [3.8, 4) is 0 Å². The van der Waals surface area contributed by atoms with E-state index in [1.54, 1.807) is 32.0 Å². The van der Waals surface area contributed by atoms with Gasteiger partial charge in [-0.1, -0.05) is 6.07 Å². The summed E-state index contributed by atoms with van der Waals surface area (Å²) in [6.07, 6.45) is 0. The normalized spacial score (nSPS) is 12.9. The molecule has 0 radical (unpaired) electrons. The first kappa shape index (κ1) is 18.7. The molecule has 1 aromatic rings. The molecular weight excluding hydrogens is 300 g/mol. The van der Waals surface area contributed by atoms with Gasteiger partial charge in [-0.05, 0) is 38.5 Å². The van der Waals surface area contributed by atoms with Crippen molar-refractivity contribution in [3.05, 3.63) is 23.8 Å². The van der Waals surface area contributed by atoms with Gasteiger partial charge in [0.2, 0.25) is 0 Å². The first-order valence-corrected chi connectivity index (χ1v) is 7.33. The van der Waals surface area contributed by atoms with Crippen LogP contribution in [0.2, 0.25) is 0 Å². The summed E-state index contributed by atoms with van der Waals surface area (Å²) in [6.45, 7) is 4.86. The maximum absolute atomic E-state index is 11.8. The first-order valence-electron chi connectivity index (χ1n) is 7.33. The molecular formula is C15H24N4O4. The molecule has 0 fully saturated rings. The van der Waals surface area contributed by atoms with E-state index in [1.807, 2.05) is 6.92 Å². The summed E-state index contributed by atoms with van der Waals surface area (Å²) < 4.78 is 0. The lowest BCUT2D eigenvalue weighted by molar-refractivity contribution is 0.229. The summed E-state index contributed by atoms with van der Waals surface area (Å²) in [7, 11) is 0. The number of anilines is 2. The third-order valence-electron chi connectivity index (χ3n) is 3.05. The zero-order valence-corrected chi connectivity index (χ0v) is 13.5. The summed E-state index contributed by atoms with van der Waals surface area (Å²) in [5.74, 6) is 0. The topological polar surface area (TPSA) is 123 Å². The Balaban J connectivity index is 2.71. The van der Waals surface area contributed by atoms with Crippen molar-refractivity contribution in [3.63, 3.8) is 0 Å². The Morgan fingerprint density at radius 2 is 1.52 bits per heavy atom. The van der Waals surface area contributed by atoms with Crippen LogP contribution in [0.4, 0.5) is 21.0 Å². The van der Waals surface area contributed by atoms with Crippen molar-refractivity contribution in [2.24, 2.45) is 0 Å². The molecule has 0 aromatic heterocycles. The lowest BCUT2D eigenvalue weighted by Crippen LogP contribution is -2.38. The Bertz CT molecular complexity index is 550. The molecule has 0 aliphatic heterocycles. The van der Waals surface area contributed by atoms with Crippen molar-refractivity contribution in [2.45, 2.75) is 32.9 Å². The molecule has 6 N–H and O–H groups in total. The second-order valence-electron chi connectivity index (χ2n) is 5.39. The summed E-state index contributed by atoms with van der Waals surface area (Å²) in [5, 5.41) is 28.3. The van der Waals surface area contributed by atoms with Crippen molar-refractivity contribution in [1.82, 2.24) is 10.6 Å². The van der Waals surface area contributed by atoms with Gasteiger partial charge in [0.25, 0.3) is 0 Å². The number of hydrogen-bond acceptors (Lipinski definition) is 4. The van der Waals surface area contributed by atoms with Gasteiger partial charge in [-0.3, -0.25) is 0 Å². The largest absolute Gasteiger partial charge is 0.394 e. The summed E-state index contributed by atoms with van der Waals surface area (Å²) in [6, 6.07) is 3.49. The lowest BCUT2D eigenvalue weighted by atomic mass is 10.2. The number of urea groups is 2. The van der Waals surface area contributed by atoms with Crippen LogP contribution in [0.25, 0.3) is 0 Å². The Morgan fingerprint density at radius 1 is 1.00 bits per heavy atom. The molecule has 128 valence electrons. The van der Waals surface area contributed by atoms with Gasteiger partial charge >= 0.3 is 12.1 Å². The van der Waals surface area contributed by atoms with Gasteiger partial charge in [0.05, 0.1) is 25.3 Å². The number of hydrogen-bond donors (Lipinski definition) is 6. The minimum atomic E-state index is -0.445. The van der Waals surface area contributed by atoms with Crippen LogP contribution in [0.3, 0.4) is 0 Å². The third-order valence-corrected chi connectivity index (χ3v) is 3.05. The number of carbonyl (C=O) groups excluding carboxylic acids is 2. The minimum absolute atomic E-state index is 0.155. The summed E-state index contributed by atoms with van der Waals surface area (Å²) in [5.41, 5.74) is 1.87. The zero-order chi connectivity index (χ0) is 17.4. The second kappa shape index (κ2) is 8.96. The number of aliphatic hydroxyl groups is 2. The molecule has 8 nitrogen and oxygen atoms in total. The van der Waals surface area contributed by atoms with E-state index < -0.39 is 12.1 Å². The number of rotatable bonds is 6. The molecule has 4 amide bonds. The van der Waals surface area contributed by atoms with Gasteiger partial charge in [0.15, 0.2) is 0 Å². The molecule has 0 saturated carbocycles. The number of nitrogens with one attached hydrogen (secondary N) is 4. The van der Waals surface area contributed by atoms with Crippen molar-refractivity contribution < 1.29 is 19.8 Å². The molecule has 0 unspecified atom stereocenters. The Morgan fingerprint density at radius 3 is 2.04 bits per heavy atom. The fourth-order valence-electron chi connectivity index (χ4n) is 1.70. The SMILES string of the molecule is Cc1ccc(NC(=O)N[C@@H](C)CO)cc1NC(=O)N[C@@H](C)CO. The van der Waals surface area contributed by atoms with Crippen molar-refractivity contribution in [1.29, 1.82) is 0 Å². The quantitative estimate of drug-likeness (QED) is 0.467. The molecule has 0 aliphatic rings. The highest BCUT2D eigenvalue weighted by molar-refractivity contribution is 5.93. The highest BCUT2D eigenvalue weighted by Crippen LogP contribution is 2.20. The van der Waals surface area contributed by atoms with E-state index in [4.69, 9.17) is 10.2 Å². The van der Waals surface area contributed by atoms with Gasteiger partial charge in [0.1, 0.15) is 0 Å². The van der Waals surface area contributed by atoms with E-state index in [-0.39, 0.29) is 25.3 Å². The fraction of sp³-hybridized carbons (Fsp3) is 0.467. The van der Waals surface area contributed by atoms with Crippen LogP contribution < -0.4 is 21.3 Å². The molecule has 8 heteroatoms. The van der Waals surface area contributed by atoms with Gasteiger partial charge in [-0.25, -0.2) is 9.59 Å². The second-order valence-corrected chi connectivity index (χ2v) is 5.39. The smallest absolute Gasteiger partial charge is 0.319 e. The van der Waals surface area contributed by atoms with E-state index in [0.29, 0.717) is 11.4 Å². The van der Waals surface area contributed by atoms with Gasteiger partial charge < -0.3 is 31.5 Å². The zero-order valence-electron chi connectivity index (χ0n) is 13.5. The van der Waals surface area contributed by atoms with Crippen LogP contribution in [0, 0.1) is 6.92 Å². The van der Waals surface area contributed by atoms with Crippen LogP contribution >= 0.6 is 0 Å². The molecule has 23 heavy (non-hydrogen) atoms. The number of amides is 4. The Kier molecular flexibility index (Phi) is 7.30. The summed E-state index contributed by atoms with van der Waals surface area (Å²) >= 11 is 0. The van der Waals surface area contributed by atoms with Gasteiger partial charge in [-0.15, -0.1) is 0 Å². The maximum Gasteiger partial charge on any atom is 0.319 e. The maximum atomic E-state index is 11.8. The molecule has 0 saturated heterocycles. The van der Waals surface area contributed by atoms with Crippen molar-refractivity contribution >= 4 is 23.4 Å². The Hall–Kier alpha value is -2.32. The highest BCUT2D eigenvalue weighted by Gasteiger charge is 2.10. The van der Waals surface area contributed by atoms with E-state index in [2.05, 4.69) is 21.3 Å². The predicted molar refractivity (Wildman–Crippen MR) is 88.6 cm³/mol.